The molecule has 0 unspecified atom stereocenters. The molecule has 0 aliphatic heterocycles. The third-order valence-electron chi connectivity index (χ3n) is 4.00. The van der Waals surface area contributed by atoms with E-state index in [4.69, 9.17) is 0 Å². The van der Waals surface area contributed by atoms with E-state index < -0.39 is 0 Å². The molecule has 0 spiro atoms. The van der Waals surface area contributed by atoms with Gasteiger partial charge in [-0.2, -0.15) is 0 Å². The first-order valence-corrected chi connectivity index (χ1v) is 7.37. The molecule has 4 nitrogen and oxygen atoms in total. The second-order valence-electron chi connectivity index (χ2n) is 5.53. The molecule has 1 heterocycles. The molecule has 22 heavy (non-hydrogen) atoms. The molecule has 0 aliphatic carbocycles. The topological polar surface area (TPSA) is 65.6 Å². The van der Waals surface area contributed by atoms with Crippen molar-refractivity contribution < 1.29 is 15.3 Å². The zero-order valence-electron chi connectivity index (χ0n) is 12.7. The minimum absolute atomic E-state index is 0.128. The Morgan fingerprint density at radius 2 is 1.73 bits per heavy atom. The molecular formula is C18H19NO3. The Bertz CT molecular complexity index is 849. The van der Waals surface area contributed by atoms with Crippen LogP contribution in [0.3, 0.4) is 0 Å². The molecule has 3 N–H and O–H groups in total. The van der Waals surface area contributed by atoms with Gasteiger partial charge in [-0.25, -0.2) is 0 Å². The zero-order valence-corrected chi connectivity index (χ0v) is 12.7. The maximum Gasteiger partial charge on any atom is 0.158 e. The Labute approximate surface area is 128 Å². The van der Waals surface area contributed by atoms with Gasteiger partial charge in [0, 0.05) is 23.0 Å². The van der Waals surface area contributed by atoms with Gasteiger partial charge in [0.2, 0.25) is 0 Å². The van der Waals surface area contributed by atoms with E-state index in [9.17, 15) is 15.3 Å². The van der Waals surface area contributed by atoms with Gasteiger partial charge in [0.1, 0.15) is 5.75 Å². The van der Waals surface area contributed by atoms with Gasteiger partial charge in [-0.05, 0) is 55.3 Å². The Balaban J connectivity index is 2.33. The van der Waals surface area contributed by atoms with Crippen LogP contribution in [-0.4, -0.2) is 19.9 Å². The summed E-state index contributed by atoms with van der Waals surface area (Å²) < 4.78 is 2.19. The van der Waals surface area contributed by atoms with E-state index >= 15 is 0 Å². The first-order valence-electron chi connectivity index (χ1n) is 7.37. The lowest BCUT2D eigenvalue weighted by Crippen LogP contribution is -1.99. The summed E-state index contributed by atoms with van der Waals surface area (Å²) in [6.45, 7) is 4.96. The Kier molecular flexibility index (Phi) is 3.45. The van der Waals surface area contributed by atoms with Gasteiger partial charge >= 0.3 is 0 Å². The summed E-state index contributed by atoms with van der Waals surface area (Å²) in [7, 11) is 0. The second kappa shape index (κ2) is 5.30. The number of aryl methyl sites for hydroxylation is 2. The van der Waals surface area contributed by atoms with Gasteiger partial charge in [0.25, 0.3) is 0 Å². The van der Waals surface area contributed by atoms with E-state index in [2.05, 4.69) is 11.5 Å². The van der Waals surface area contributed by atoms with Crippen LogP contribution >= 0.6 is 0 Å². The molecule has 2 aromatic carbocycles. The lowest BCUT2D eigenvalue weighted by atomic mass is 10.1. The SMILES string of the molecule is CCCn1c(-c2ccc(O)c(O)c2)c(C)c2cc(O)ccc21. The molecule has 0 bridgehead atoms. The number of benzene rings is 2. The molecule has 0 fully saturated rings. The van der Waals surface area contributed by atoms with Crippen LogP contribution < -0.4 is 0 Å². The van der Waals surface area contributed by atoms with Gasteiger partial charge in [-0.1, -0.05) is 6.92 Å². The largest absolute Gasteiger partial charge is 0.508 e. The molecule has 0 atom stereocenters. The fraction of sp³-hybridized carbons (Fsp3) is 0.222. The average molecular weight is 297 g/mol. The minimum Gasteiger partial charge on any atom is -0.508 e. The average Bonchev–Trinajstić information content (AvgIpc) is 2.75. The lowest BCUT2D eigenvalue weighted by Gasteiger charge is -2.11. The number of rotatable bonds is 3. The monoisotopic (exact) mass is 297 g/mol. The highest BCUT2D eigenvalue weighted by molar-refractivity contribution is 5.92. The second-order valence-corrected chi connectivity index (χ2v) is 5.53. The molecular weight excluding hydrogens is 278 g/mol. The minimum atomic E-state index is -0.131. The van der Waals surface area contributed by atoms with Crippen molar-refractivity contribution in [3.05, 3.63) is 42.0 Å². The number of aromatic hydroxyl groups is 3. The summed E-state index contributed by atoms with van der Waals surface area (Å²) in [5.41, 5.74) is 3.94. The van der Waals surface area contributed by atoms with Crippen LogP contribution in [0.25, 0.3) is 22.2 Å². The molecule has 1 aromatic heterocycles. The number of nitrogens with zero attached hydrogens (tertiary/aromatic N) is 1. The molecule has 0 saturated heterocycles. The smallest absolute Gasteiger partial charge is 0.158 e. The van der Waals surface area contributed by atoms with Crippen LogP contribution in [0.4, 0.5) is 0 Å². The summed E-state index contributed by atoms with van der Waals surface area (Å²) >= 11 is 0. The fourth-order valence-corrected chi connectivity index (χ4v) is 3.01. The molecule has 0 amide bonds. The van der Waals surface area contributed by atoms with E-state index in [-0.39, 0.29) is 17.2 Å². The first-order chi connectivity index (χ1) is 10.5. The van der Waals surface area contributed by atoms with Gasteiger partial charge < -0.3 is 19.9 Å². The molecule has 0 radical (unpaired) electrons. The van der Waals surface area contributed by atoms with Gasteiger partial charge in [0.15, 0.2) is 11.5 Å². The summed E-state index contributed by atoms with van der Waals surface area (Å²) in [5.74, 6) is -0.0189. The van der Waals surface area contributed by atoms with E-state index in [0.29, 0.717) is 0 Å². The van der Waals surface area contributed by atoms with Crippen LogP contribution in [0.1, 0.15) is 18.9 Å². The highest BCUT2D eigenvalue weighted by Gasteiger charge is 2.16. The third kappa shape index (κ3) is 2.17. The van der Waals surface area contributed by atoms with Crippen molar-refractivity contribution in [2.45, 2.75) is 26.8 Å². The summed E-state index contributed by atoms with van der Waals surface area (Å²) in [6.07, 6.45) is 0.973. The molecule has 3 aromatic rings. The highest BCUT2D eigenvalue weighted by atomic mass is 16.3. The normalized spacial score (nSPS) is 11.2. The predicted octanol–water partition coefficient (Wildman–Crippen LogP) is 4.14. The highest BCUT2D eigenvalue weighted by Crippen LogP contribution is 2.38. The van der Waals surface area contributed by atoms with Crippen molar-refractivity contribution in [2.75, 3.05) is 0 Å². The number of phenols is 3. The van der Waals surface area contributed by atoms with E-state index in [1.165, 1.54) is 6.07 Å². The van der Waals surface area contributed by atoms with Crippen molar-refractivity contribution in [1.82, 2.24) is 4.57 Å². The first kappa shape index (κ1) is 14.3. The quantitative estimate of drug-likeness (QED) is 0.636. The Morgan fingerprint density at radius 1 is 0.955 bits per heavy atom. The van der Waals surface area contributed by atoms with Crippen LogP contribution in [-0.2, 0) is 6.54 Å². The van der Waals surface area contributed by atoms with Crippen LogP contribution in [0.2, 0.25) is 0 Å². The van der Waals surface area contributed by atoms with E-state index in [0.717, 1.165) is 40.7 Å². The third-order valence-corrected chi connectivity index (χ3v) is 4.00. The molecule has 114 valence electrons. The molecule has 0 aliphatic rings. The van der Waals surface area contributed by atoms with E-state index in [1.54, 1.807) is 24.3 Å². The summed E-state index contributed by atoms with van der Waals surface area (Å²) in [4.78, 5) is 0. The zero-order chi connectivity index (χ0) is 15.9. The van der Waals surface area contributed by atoms with Crippen molar-refractivity contribution in [3.8, 4) is 28.5 Å². The fourth-order valence-electron chi connectivity index (χ4n) is 3.01. The Morgan fingerprint density at radius 3 is 2.41 bits per heavy atom. The van der Waals surface area contributed by atoms with Crippen LogP contribution in [0, 0.1) is 6.92 Å². The van der Waals surface area contributed by atoms with Gasteiger partial charge in [0.05, 0.1) is 5.69 Å². The molecule has 3 rings (SSSR count). The number of phenolic OH excluding ortho intramolecular Hbond substituents is 3. The van der Waals surface area contributed by atoms with Crippen molar-refractivity contribution in [3.63, 3.8) is 0 Å². The Hall–Kier alpha value is -2.62. The standard InChI is InChI=1S/C18H19NO3/c1-3-8-19-15-6-5-13(20)10-14(15)11(2)18(19)12-4-7-16(21)17(22)9-12/h4-7,9-10,20-22H,3,8H2,1-2H3. The number of fused-ring (bicyclic) bond motifs is 1. The molecule has 0 saturated carbocycles. The number of hydrogen-bond acceptors (Lipinski definition) is 3. The number of hydrogen-bond donors (Lipinski definition) is 3. The van der Waals surface area contributed by atoms with Crippen LogP contribution in [0.15, 0.2) is 36.4 Å². The van der Waals surface area contributed by atoms with Crippen molar-refractivity contribution in [1.29, 1.82) is 0 Å². The predicted molar refractivity (Wildman–Crippen MR) is 87.4 cm³/mol. The lowest BCUT2D eigenvalue weighted by molar-refractivity contribution is 0.404. The summed E-state index contributed by atoms with van der Waals surface area (Å²) in [6, 6.07) is 10.2. The van der Waals surface area contributed by atoms with Crippen molar-refractivity contribution >= 4 is 10.9 Å². The summed E-state index contributed by atoms with van der Waals surface area (Å²) in [5, 5.41) is 30.1. The number of aromatic nitrogens is 1. The van der Waals surface area contributed by atoms with Crippen LogP contribution in [0.5, 0.6) is 17.2 Å². The van der Waals surface area contributed by atoms with Crippen molar-refractivity contribution in [2.24, 2.45) is 0 Å². The van der Waals surface area contributed by atoms with Gasteiger partial charge in [-0.3, -0.25) is 0 Å². The maximum absolute atomic E-state index is 9.79. The maximum atomic E-state index is 9.79. The van der Waals surface area contributed by atoms with Gasteiger partial charge in [-0.15, -0.1) is 0 Å². The van der Waals surface area contributed by atoms with E-state index in [1.807, 2.05) is 13.0 Å². The molecule has 4 heteroatoms.